The van der Waals surface area contributed by atoms with E-state index in [4.69, 9.17) is 5.11 Å². The maximum absolute atomic E-state index is 11.4. The number of amides is 1. The predicted octanol–water partition coefficient (Wildman–Crippen LogP) is 1.51. The Morgan fingerprint density at radius 1 is 1.56 bits per heavy atom. The van der Waals surface area contributed by atoms with E-state index in [1.165, 1.54) is 6.08 Å². The Bertz CT molecular complexity index is 385. The molecule has 0 bridgehead atoms. The molecule has 86 valence electrons. The summed E-state index contributed by atoms with van der Waals surface area (Å²) < 4.78 is 0. The summed E-state index contributed by atoms with van der Waals surface area (Å²) in [6, 6.07) is 7.68. The summed E-state index contributed by atoms with van der Waals surface area (Å²) in [6.07, 6.45) is 3.23. The number of hydrogen-bond acceptors (Lipinski definition) is 2. The van der Waals surface area contributed by atoms with Gasteiger partial charge in [0.2, 0.25) is 5.91 Å². The van der Waals surface area contributed by atoms with E-state index < -0.39 is 0 Å². The average Bonchev–Trinajstić information content (AvgIpc) is 2.26. The summed E-state index contributed by atoms with van der Waals surface area (Å²) in [7, 11) is 0. The molecule has 0 aromatic heterocycles. The van der Waals surface area contributed by atoms with E-state index in [2.05, 4.69) is 5.32 Å². The van der Waals surface area contributed by atoms with Crippen LogP contribution in [0.1, 0.15) is 18.1 Å². The zero-order valence-electron chi connectivity index (χ0n) is 9.60. The maximum atomic E-state index is 11.4. The van der Waals surface area contributed by atoms with Crippen molar-refractivity contribution in [2.24, 2.45) is 0 Å². The fraction of sp³-hybridized carbons (Fsp3) is 0.308. The van der Waals surface area contributed by atoms with Crippen molar-refractivity contribution in [3.63, 3.8) is 0 Å². The number of aliphatic hydroxyl groups is 1. The van der Waals surface area contributed by atoms with Crippen LogP contribution in [-0.4, -0.2) is 23.7 Å². The predicted molar refractivity (Wildman–Crippen MR) is 64.9 cm³/mol. The lowest BCUT2D eigenvalue weighted by molar-refractivity contribution is -0.117. The van der Waals surface area contributed by atoms with Crippen LogP contribution >= 0.6 is 0 Å². The summed E-state index contributed by atoms with van der Waals surface area (Å²) >= 11 is 0. The second-order valence-electron chi connectivity index (χ2n) is 3.84. The Kier molecular flexibility index (Phi) is 4.73. The number of benzene rings is 1. The summed E-state index contributed by atoms with van der Waals surface area (Å²) in [5.41, 5.74) is 2.15. The largest absolute Gasteiger partial charge is 0.394 e. The molecule has 1 aromatic rings. The molecular weight excluding hydrogens is 202 g/mol. The minimum absolute atomic E-state index is 0.0516. The second kappa shape index (κ2) is 6.08. The van der Waals surface area contributed by atoms with E-state index in [1.807, 2.05) is 31.2 Å². The van der Waals surface area contributed by atoms with Crippen molar-refractivity contribution in [1.82, 2.24) is 5.32 Å². The first-order valence-electron chi connectivity index (χ1n) is 5.28. The highest BCUT2D eigenvalue weighted by Crippen LogP contribution is 2.05. The fourth-order valence-corrected chi connectivity index (χ4v) is 1.28. The Balaban J connectivity index is 2.56. The number of hydrogen-bond donors (Lipinski definition) is 2. The molecule has 0 heterocycles. The standard InChI is InChI=1S/C13H17NO2/c1-10-4-3-5-12(8-10)6-7-13(16)14-11(2)9-15/h3-8,11,15H,9H2,1-2H3,(H,14,16)/t11-/m0/s1. The van der Waals surface area contributed by atoms with Gasteiger partial charge in [0.05, 0.1) is 6.61 Å². The lowest BCUT2D eigenvalue weighted by Crippen LogP contribution is -2.33. The molecule has 0 radical (unpaired) electrons. The highest BCUT2D eigenvalue weighted by atomic mass is 16.3. The number of carbonyl (C=O) groups is 1. The lowest BCUT2D eigenvalue weighted by Gasteiger charge is -2.07. The zero-order valence-corrected chi connectivity index (χ0v) is 9.60. The van der Waals surface area contributed by atoms with Crippen LogP contribution in [-0.2, 0) is 4.79 Å². The van der Waals surface area contributed by atoms with Crippen LogP contribution in [0.4, 0.5) is 0 Å². The molecule has 0 saturated carbocycles. The molecule has 0 saturated heterocycles. The van der Waals surface area contributed by atoms with Crippen LogP contribution in [0.15, 0.2) is 30.3 Å². The van der Waals surface area contributed by atoms with Crippen molar-refractivity contribution in [2.45, 2.75) is 19.9 Å². The normalized spacial score (nSPS) is 12.7. The van der Waals surface area contributed by atoms with Crippen molar-refractivity contribution in [3.05, 3.63) is 41.5 Å². The number of carbonyl (C=O) groups excluding carboxylic acids is 1. The molecule has 0 spiro atoms. The number of aliphatic hydroxyl groups excluding tert-OH is 1. The molecule has 0 fully saturated rings. The summed E-state index contributed by atoms with van der Waals surface area (Å²) in [4.78, 5) is 11.4. The van der Waals surface area contributed by atoms with E-state index in [0.717, 1.165) is 11.1 Å². The highest BCUT2D eigenvalue weighted by molar-refractivity contribution is 5.91. The van der Waals surface area contributed by atoms with Gasteiger partial charge in [0.1, 0.15) is 0 Å². The van der Waals surface area contributed by atoms with Crippen LogP contribution in [0.5, 0.6) is 0 Å². The topological polar surface area (TPSA) is 49.3 Å². The number of aryl methyl sites for hydroxylation is 1. The van der Waals surface area contributed by atoms with Gasteiger partial charge in [0, 0.05) is 12.1 Å². The molecule has 0 unspecified atom stereocenters. The van der Waals surface area contributed by atoms with E-state index >= 15 is 0 Å². The summed E-state index contributed by atoms with van der Waals surface area (Å²) in [6.45, 7) is 3.70. The van der Waals surface area contributed by atoms with Crippen molar-refractivity contribution in [3.8, 4) is 0 Å². The van der Waals surface area contributed by atoms with Gasteiger partial charge >= 0.3 is 0 Å². The fourth-order valence-electron chi connectivity index (χ4n) is 1.28. The molecule has 0 aliphatic rings. The van der Waals surface area contributed by atoms with E-state index in [9.17, 15) is 4.79 Å². The van der Waals surface area contributed by atoms with Crippen molar-refractivity contribution >= 4 is 12.0 Å². The molecule has 3 heteroatoms. The number of rotatable bonds is 4. The maximum Gasteiger partial charge on any atom is 0.244 e. The Labute approximate surface area is 95.8 Å². The summed E-state index contributed by atoms with van der Waals surface area (Å²) in [5.74, 6) is -0.192. The van der Waals surface area contributed by atoms with Gasteiger partial charge in [-0.3, -0.25) is 4.79 Å². The van der Waals surface area contributed by atoms with Crippen LogP contribution in [0, 0.1) is 6.92 Å². The third-order valence-electron chi connectivity index (χ3n) is 2.13. The van der Waals surface area contributed by atoms with Gasteiger partial charge in [-0.15, -0.1) is 0 Å². The third kappa shape index (κ3) is 4.28. The van der Waals surface area contributed by atoms with Crippen molar-refractivity contribution in [2.75, 3.05) is 6.61 Å². The van der Waals surface area contributed by atoms with Gasteiger partial charge in [-0.1, -0.05) is 29.8 Å². The van der Waals surface area contributed by atoms with Crippen LogP contribution in [0.3, 0.4) is 0 Å². The monoisotopic (exact) mass is 219 g/mol. The van der Waals surface area contributed by atoms with Gasteiger partial charge in [-0.25, -0.2) is 0 Å². The van der Waals surface area contributed by atoms with Crippen LogP contribution < -0.4 is 5.32 Å². The third-order valence-corrected chi connectivity index (χ3v) is 2.13. The first-order chi connectivity index (χ1) is 7.61. The van der Waals surface area contributed by atoms with Gasteiger partial charge in [-0.2, -0.15) is 0 Å². The Hall–Kier alpha value is -1.61. The molecule has 3 nitrogen and oxygen atoms in total. The van der Waals surface area contributed by atoms with Gasteiger partial charge in [0.25, 0.3) is 0 Å². The molecule has 1 aromatic carbocycles. The Morgan fingerprint density at radius 3 is 2.94 bits per heavy atom. The quantitative estimate of drug-likeness (QED) is 0.754. The van der Waals surface area contributed by atoms with Gasteiger partial charge in [-0.05, 0) is 25.5 Å². The first-order valence-corrected chi connectivity index (χ1v) is 5.28. The SMILES string of the molecule is Cc1cccc(C=CC(=O)N[C@@H](C)CO)c1. The minimum atomic E-state index is -0.213. The van der Waals surface area contributed by atoms with Gasteiger partial charge in [0.15, 0.2) is 0 Å². The molecular formula is C13H17NO2. The molecule has 16 heavy (non-hydrogen) atoms. The smallest absolute Gasteiger partial charge is 0.244 e. The van der Waals surface area contributed by atoms with Crippen molar-refractivity contribution in [1.29, 1.82) is 0 Å². The average molecular weight is 219 g/mol. The first kappa shape index (κ1) is 12.5. The molecule has 1 amide bonds. The van der Waals surface area contributed by atoms with Crippen LogP contribution in [0.25, 0.3) is 6.08 Å². The molecule has 2 N–H and O–H groups in total. The molecule has 1 atom stereocenters. The Morgan fingerprint density at radius 2 is 2.31 bits per heavy atom. The molecule has 1 rings (SSSR count). The van der Waals surface area contributed by atoms with E-state index in [1.54, 1.807) is 13.0 Å². The zero-order chi connectivity index (χ0) is 12.0. The molecule has 0 aliphatic carbocycles. The second-order valence-corrected chi connectivity index (χ2v) is 3.84. The highest BCUT2D eigenvalue weighted by Gasteiger charge is 2.01. The minimum Gasteiger partial charge on any atom is -0.394 e. The van der Waals surface area contributed by atoms with E-state index in [0.29, 0.717) is 0 Å². The van der Waals surface area contributed by atoms with Crippen molar-refractivity contribution < 1.29 is 9.90 Å². The van der Waals surface area contributed by atoms with Gasteiger partial charge < -0.3 is 10.4 Å². The van der Waals surface area contributed by atoms with E-state index in [-0.39, 0.29) is 18.6 Å². The summed E-state index contributed by atoms with van der Waals surface area (Å²) in [5, 5.41) is 11.4. The van der Waals surface area contributed by atoms with Crippen LogP contribution in [0.2, 0.25) is 0 Å². The number of nitrogens with one attached hydrogen (secondary N) is 1. The lowest BCUT2D eigenvalue weighted by atomic mass is 10.1. The molecule has 0 aliphatic heterocycles.